The maximum atomic E-state index is 12.5. The predicted octanol–water partition coefficient (Wildman–Crippen LogP) is 3.85. The van der Waals surface area contributed by atoms with Crippen molar-refractivity contribution in [1.82, 2.24) is 15.3 Å². The van der Waals surface area contributed by atoms with Gasteiger partial charge in [-0.3, -0.25) is 4.79 Å². The summed E-state index contributed by atoms with van der Waals surface area (Å²) in [5, 5.41) is 3.15. The maximum Gasteiger partial charge on any atom is 0.251 e. The van der Waals surface area contributed by atoms with Gasteiger partial charge in [-0.15, -0.1) is 0 Å². The van der Waals surface area contributed by atoms with E-state index in [1.807, 2.05) is 42.5 Å². The van der Waals surface area contributed by atoms with Crippen molar-refractivity contribution < 1.29 is 4.79 Å². The smallest absolute Gasteiger partial charge is 0.251 e. The highest BCUT2D eigenvalue weighted by molar-refractivity contribution is 5.98. The molecule has 116 valence electrons. The molecular formula is C19H19N3O. The fourth-order valence-corrected chi connectivity index (χ4v) is 3.28. The fraction of sp³-hybridized carbons (Fsp3) is 0.316. The Balaban J connectivity index is 1.64. The molecule has 0 radical (unpaired) electrons. The van der Waals surface area contributed by atoms with E-state index in [0.717, 1.165) is 34.9 Å². The van der Waals surface area contributed by atoms with Crippen LogP contribution in [0.2, 0.25) is 0 Å². The third kappa shape index (κ3) is 2.89. The Labute approximate surface area is 134 Å². The monoisotopic (exact) mass is 305 g/mol. The lowest BCUT2D eigenvalue weighted by molar-refractivity contribution is 0.0928. The van der Waals surface area contributed by atoms with Crippen LogP contribution in [0, 0.1) is 0 Å². The molecule has 0 bridgehead atoms. The van der Waals surface area contributed by atoms with E-state index in [2.05, 4.69) is 15.3 Å². The van der Waals surface area contributed by atoms with Gasteiger partial charge in [-0.2, -0.15) is 0 Å². The number of rotatable bonds is 2. The van der Waals surface area contributed by atoms with Gasteiger partial charge in [0.2, 0.25) is 0 Å². The van der Waals surface area contributed by atoms with Crippen LogP contribution in [0.15, 0.2) is 42.5 Å². The molecule has 0 atom stereocenters. The predicted molar refractivity (Wildman–Crippen MR) is 91.4 cm³/mol. The van der Waals surface area contributed by atoms with E-state index in [9.17, 15) is 4.79 Å². The minimum absolute atomic E-state index is 0.00578. The molecule has 0 saturated heterocycles. The van der Waals surface area contributed by atoms with Crippen LogP contribution in [-0.4, -0.2) is 21.9 Å². The molecule has 0 aliphatic heterocycles. The van der Waals surface area contributed by atoms with E-state index in [0.29, 0.717) is 11.6 Å². The highest BCUT2D eigenvalue weighted by Gasteiger charge is 2.17. The lowest BCUT2D eigenvalue weighted by Gasteiger charge is -2.22. The van der Waals surface area contributed by atoms with Gasteiger partial charge in [-0.05, 0) is 43.2 Å². The molecule has 1 aliphatic rings. The van der Waals surface area contributed by atoms with Crippen molar-refractivity contribution in [2.75, 3.05) is 0 Å². The zero-order valence-electron chi connectivity index (χ0n) is 13.0. The first-order valence-electron chi connectivity index (χ1n) is 8.27. The molecule has 1 saturated carbocycles. The van der Waals surface area contributed by atoms with Gasteiger partial charge in [0.25, 0.3) is 5.91 Å². The van der Waals surface area contributed by atoms with Crippen molar-refractivity contribution in [3.8, 4) is 0 Å². The summed E-state index contributed by atoms with van der Waals surface area (Å²) >= 11 is 0. The normalized spacial score (nSPS) is 15.8. The lowest BCUT2D eigenvalue weighted by Crippen LogP contribution is -2.36. The summed E-state index contributed by atoms with van der Waals surface area (Å²) in [7, 11) is 0. The SMILES string of the molecule is O=C(NC1CCCCC1)c1ccc2nc3ccccc3nc2c1. The number of carbonyl (C=O) groups excluding carboxylic acids is 1. The van der Waals surface area contributed by atoms with Crippen molar-refractivity contribution in [3.05, 3.63) is 48.0 Å². The summed E-state index contributed by atoms with van der Waals surface area (Å²) in [6.07, 6.45) is 5.87. The standard InChI is InChI=1S/C19H19N3O/c23-19(20-14-6-2-1-3-7-14)13-10-11-17-18(12-13)22-16-9-5-4-8-15(16)21-17/h4-5,8-12,14H,1-3,6-7H2,(H,20,23). The first-order valence-corrected chi connectivity index (χ1v) is 8.27. The second-order valence-corrected chi connectivity index (χ2v) is 6.22. The van der Waals surface area contributed by atoms with Gasteiger partial charge in [-0.25, -0.2) is 9.97 Å². The zero-order valence-corrected chi connectivity index (χ0v) is 13.0. The molecule has 0 spiro atoms. The largest absolute Gasteiger partial charge is 0.349 e. The number of hydrogen-bond donors (Lipinski definition) is 1. The molecule has 1 heterocycles. The van der Waals surface area contributed by atoms with Crippen molar-refractivity contribution in [2.45, 2.75) is 38.1 Å². The molecule has 23 heavy (non-hydrogen) atoms. The van der Waals surface area contributed by atoms with Crippen LogP contribution in [0.4, 0.5) is 0 Å². The number of aromatic nitrogens is 2. The molecule has 1 amide bonds. The van der Waals surface area contributed by atoms with Gasteiger partial charge in [-0.1, -0.05) is 31.4 Å². The molecule has 0 unspecified atom stereocenters. The van der Waals surface area contributed by atoms with Gasteiger partial charge in [0.1, 0.15) is 0 Å². The Hall–Kier alpha value is -2.49. The lowest BCUT2D eigenvalue weighted by atomic mass is 9.95. The number of carbonyl (C=O) groups is 1. The van der Waals surface area contributed by atoms with Crippen LogP contribution in [0.25, 0.3) is 22.1 Å². The second-order valence-electron chi connectivity index (χ2n) is 6.22. The number of nitrogens with zero attached hydrogens (tertiary/aromatic N) is 2. The Morgan fingerprint density at radius 3 is 2.26 bits per heavy atom. The summed E-state index contributed by atoms with van der Waals surface area (Å²) in [5.41, 5.74) is 3.97. The van der Waals surface area contributed by atoms with E-state index in [1.54, 1.807) is 0 Å². The molecule has 3 aromatic rings. The number of nitrogens with one attached hydrogen (secondary N) is 1. The molecular weight excluding hydrogens is 286 g/mol. The summed E-state index contributed by atoms with van der Waals surface area (Å²) in [4.78, 5) is 21.7. The number of hydrogen-bond acceptors (Lipinski definition) is 3. The highest BCUT2D eigenvalue weighted by Crippen LogP contribution is 2.20. The van der Waals surface area contributed by atoms with Crippen molar-refractivity contribution in [1.29, 1.82) is 0 Å². The average molecular weight is 305 g/mol. The first-order chi connectivity index (χ1) is 11.3. The quantitative estimate of drug-likeness (QED) is 0.732. The Kier molecular flexibility index (Phi) is 3.66. The van der Waals surface area contributed by atoms with Crippen molar-refractivity contribution in [2.24, 2.45) is 0 Å². The van der Waals surface area contributed by atoms with E-state index >= 15 is 0 Å². The topological polar surface area (TPSA) is 54.9 Å². The Bertz CT molecular complexity index is 869. The molecule has 1 aromatic heterocycles. The van der Waals surface area contributed by atoms with E-state index in [4.69, 9.17) is 0 Å². The van der Waals surface area contributed by atoms with Gasteiger partial charge < -0.3 is 5.32 Å². The van der Waals surface area contributed by atoms with Gasteiger partial charge in [0.05, 0.1) is 22.1 Å². The Morgan fingerprint density at radius 2 is 1.52 bits per heavy atom. The molecule has 4 nitrogen and oxygen atoms in total. The molecule has 1 fully saturated rings. The van der Waals surface area contributed by atoms with E-state index in [1.165, 1.54) is 19.3 Å². The minimum atomic E-state index is -0.00578. The summed E-state index contributed by atoms with van der Waals surface area (Å²) in [5.74, 6) is -0.00578. The average Bonchev–Trinajstić information content (AvgIpc) is 2.60. The van der Waals surface area contributed by atoms with Crippen LogP contribution < -0.4 is 5.32 Å². The molecule has 4 rings (SSSR count). The summed E-state index contributed by atoms with van der Waals surface area (Å²) in [6, 6.07) is 13.7. The summed E-state index contributed by atoms with van der Waals surface area (Å²) in [6.45, 7) is 0. The third-order valence-electron chi connectivity index (χ3n) is 4.54. The molecule has 2 aromatic carbocycles. The van der Waals surface area contributed by atoms with Crippen molar-refractivity contribution >= 4 is 28.0 Å². The highest BCUT2D eigenvalue weighted by atomic mass is 16.1. The minimum Gasteiger partial charge on any atom is -0.349 e. The van der Waals surface area contributed by atoms with Crippen molar-refractivity contribution in [3.63, 3.8) is 0 Å². The van der Waals surface area contributed by atoms with Crippen LogP contribution in [-0.2, 0) is 0 Å². The van der Waals surface area contributed by atoms with Crippen LogP contribution in [0.1, 0.15) is 42.5 Å². The van der Waals surface area contributed by atoms with Crippen LogP contribution >= 0.6 is 0 Å². The van der Waals surface area contributed by atoms with Crippen LogP contribution in [0.3, 0.4) is 0 Å². The second kappa shape index (κ2) is 5.95. The molecule has 4 heteroatoms. The van der Waals surface area contributed by atoms with E-state index in [-0.39, 0.29) is 5.91 Å². The van der Waals surface area contributed by atoms with Gasteiger partial charge in [0, 0.05) is 11.6 Å². The Morgan fingerprint density at radius 1 is 0.870 bits per heavy atom. The van der Waals surface area contributed by atoms with E-state index < -0.39 is 0 Å². The number of benzene rings is 2. The first kappa shape index (κ1) is 14.1. The maximum absolute atomic E-state index is 12.5. The summed E-state index contributed by atoms with van der Waals surface area (Å²) < 4.78 is 0. The number of fused-ring (bicyclic) bond motifs is 2. The number of amides is 1. The van der Waals surface area contributed by atoms with Gasteiger partial charge in [0.15, 0.2) is 0 Å². The van der Waals surface area contributed by atoms with Gasteiger partial charge >= 0.3 is 0 Å². The van der Waals surface area contributed by atoms with Crippen LogP contribution in [0.5, 0.6) is 0 Å². The third-order valence-corrected chi connectivity index (χ3v) is 4.54. The zero-order chi connectivity index (χ0) is 15.6. The number of para-hydroxylation sites is 2. The molecule has 1 aliphatic carbocycles. The molecule has 1 N–H and O–H groups in total. The fourth-order valence-electron chi connectivity index (χ4n) is 3.28.